The van der Waals surface area contributed by atoms with Crippen LogP contribution in [0.3, 0.4) is 0 Å². The molecule has 4 unspecified atom stereocenters. The van der Waals surface area contributed by atoms with E-state index in [-0.39, 0.29) is 0 Å². The number of unbranched alkanes of at least 4 members (excludes halogenated alkanes) is 4. The van der Waals surface area contributed by atoms with Gasteiger partial charge in [0.2, 0.25) is 0 Å². The molecule has 4 nitrogen and oxygen atoms in total. The molecule has 18 heteroatoms. The fraction of sp³-hybridized carbons (Fsp3) is 0.452. The Morgan fingerprint density at radius 2 is 0.578 bits per heavy atom. The number of hydrogen-bond donors (Lipinski definition) is 0. The molecule has 0 saturated carbocycles. The van der Waals surface area contributed by atoms with E-state index in [0.717, 1.165) is 47.8 Å². The SMILES string of the molecule is CCCCC(CC)Cc1ccc(-c2c3c[c]([Sn]([CH3])([CH3])[CH3])sc3c(-c3ccc(CC(CC)CCCC)s3)c3c2sc2c3sc3c2c2nsnc2c2c4sc5c(sc6c(-c7ccc(CC(CC)CCCC)s7)c7c[c]([Sn]([CH3])([CH3])[CH3])sc7c(-c7ccc(CC(CC)CCCC)s7)c65)c4c4nsnc4c32)s1. The van der Waals surface area contributed by atoms with Crippen LogP contribution in [0.25, 0.3) is 154 Å². The zero-order valence-corrected chi connectivity index (χ0v) is 77.4. The topological polar surface area (TPSA) is 51.6 Å². The summed E-state index contributed by atoms with van der Waals surface area (Å²) < 4.78 is 39.2. The van der Waals surface area contributed by atoms with Crippen LogP contribution in [-0.4, -0.2) is 54.2 Å². The Kier molecular flexibility index (Phi) is 21.9. The average molecular weight is 1780 g/mol. The van der Waals surface area contributed by atoms with E-state index >= 15 is 0 Å². The molecule has 4 aromatic carbocycles. The number of benzene rings is 4. The Morgan fingerprint density at radius 1 is 0.294 bits per heavy atom. The first-order chi connectivity index (χ1) is 49.5. The molecule has 0 spiro atoms. The van der Waals surface area contributed by atoms with Gasteiger partial charge in [-0.15, -0.1) is 0 Å². The van der Waals surface area contributed by atoms with Crippen molar-refractivity contribution in [1.29, 1.82) is 0 Å². The fourth-order valence-corrected chi connectivity index (χ4v) is 41.3. The number of aromatic nitrogens is 4. The summed E-state index contributed by atoms with van der Waals surface area (Å²) in [5, 5.41) is 10.8. The van der Waals surface area contributed by atoms with E-state index in [9.17, 15) is 0 Å². The van der Waals surface area contributed by atoms with Crippen LogP contribution in [0.15, 0.2) is 60.7 Å². The van der Waals surface area contributed by atoms with Crippen LogP contribution < -0.4 is 5.79 Å². The minimum absolute atomic E-state index is 0.704. The molecule has 0 aliphatic rings. The molecule has 4 atom stereocenters. The fourth-order valence-electron chi connectivity index (χ4n) is 16.3. The summed E-state index contributed by atoms with van der Waals surface area (Å²) in [5.41, 5.74) is 9.96. The third-order valence-corrected chi connectivity index (χ3v) is 54.2. The summed E-state index contributed by atoms with van der Waals surface area (Å²) in [4.78, 5) is 27.6. The molecule has 0 bridgehead atoms. The van der Waals surface area contributed by atoms with E-state index in [4.69, 9.17) is 17.5 Å². The molecule has 12 aromatic heterocycles. The van der Waals surface area contributed by atoms with Crippen molar-refractivity contribution in [2.45, 2.75) is 213 Å². The van der Waals surface area contributed by atoms with Gasteiger partial charge in [-0.05, 0) is 0 Å². The zero-order chi connectivity index (χ0) is 70.6. The van der Waals surface area contributed by atoms with Gasteiger partial charge in [-0.2, -0.15) is 0 Å². The first kappa shape index (κ1) is 73.6. The molecule has 0 N–H and O–H groups in total. The molecule has 0 radical (unpaired) electrons. The molecular formula is C84H96N4S12Sn2. The van der Waals surface area contributed by atoms with Gasteiger partial charge in [-0.3, -0.25) is 0 Å². The first-order valence-corrected chi connectivity index (χ1v) is 67.8. The third kappa shape index (κ3) is 13.3. The van der Waals surface area contributed by atoms with Crippen molar-refractivity contribution in [3.8, 4) is 41.8 Å². The van der Waals surface area contributed by atoms with Gasteiger partial charge < -0.3 is 0 Å². The molecule has 0 aliphatic heterocycles. The Bertz CT molecular complexity index is 5410. The molecule has 16 aromatic rings. The van der Waals surface area contributed by atoms with Gasteiger partial charge in [0.1, 0.15) is 0 Å². The quantitative estimate of drug-likeness (QED) is 0.0421. The van der Waals surface area contributed by atoms with Gasteiger partial charge in [-0.1, -0.05) is 27.7 Å². The molecule has 16 rings (SSSR count). The van der Waals surface area contributed by atoms with Crippen LogP contribution in [0.5, 0.6) is 0 Å². The maximum absolute atomic E-state index is 5.51. The summed E-state index contributed by atoms with van der Waals surface area (Å²) in [5.74, 6) is 2.83. The molecule has 0 amide bonds. The average Bonchev–Trinajstić information content (AvgIpc) is 1.49. The minimum atomic E-state index is -2.64. The number of fused-ring (bicyclic) bond motifs is 21. The van der Waals surface area contributed by atoms with Gasteiger partial charge in [0.15, 0.2) is 0 Å². The monoisotopic (exact) mass is 1780 g/mol. The number of rotatable bonds is 30. The van der Waals surface area contributed by atoms with E-state index in [0.29, 0.717) is 23.7 Å². The standard InChI is InChI=1S/C78H78N4S12.6CH3.2Sn/c1-9-17-21-41(13-5)37-45-25-29-51(85-45)55-49-33-35-83-69(49)57(53-31-27-47(87-53)39-43(15-7)23-19-11-3)61-71(55)89-77-63-67-65(79-93-81-67)60-59(73(63)91-75(61)77)66-68(82-94-80-66)64-74(60)92-76-62-58(54-32-28-48(88-54)40-44(16-8)24-20-12-4)70-50(34-36-84-70)56(72(62)90-78(64)76)52-30-26-46(86-52)38-42(14-6)22-18-10-2;;;;;;;;/h25-34,41-44H,9-24,37-40H2,1-8H3;6*1H3;;. The summed E-state index contributed by atoms with van der Waals surface area (Å²) in [6.45, 7) is 19.0. The van der Waals surface area contributed by atoms with Crippen molar-refractivity contribution in [2.24, 2.45) is 23.7 Å². The molecule has 532 valence electrons. The summed E-state index contributed by atoms with van der Waals surface area (Å²) in [6.07, 6.45) is 25.0. The second-order valence-electron chi connectivity index (χ2n) is 31.5. The van der Waals surface area contributed by atoms with Gasteiger partial charge in [0, 0.05) is 0 Å². The van der Waals surface area contributed by atoms with Gasteiger partial charge in [-0.25, -0.2) is 0 Å². The molecule has 0 aliphatic carbocycles. The number of nitrogens with zero attached hydrogens (tertiary/aromatic N) is 4. The van der Waals surface area contributed by atoms with Crippen molar-refractivity contribution >= 4 is 292 Å². The van der Waals surface area contributed by atoms with Crippen LogP contribution in [0, 0.1) is 23.7 Å². The predicted molar refractivity (Wildman–Crippen MR) is 480 cm³/mol. The van der Waals surface area contributed by atoms with Gasteiger partial charge >= 0.3 is 640 Å². The van der Waals surface area contributed by atoms with E-state index in [1.54, 1.807) is 5.79 Å². The Hall–Kier alpha value is -2.54. The Labute approximate surface area is 659 Å². The molecule has 102 heavy (non-hydrogen) atoms. The molecular weight excluding hydrogens is 1690 g/mol. The summed E-state index contributed by atoms with van der Waals surface area (Å²) >= 11 is 18.3. The van der Waals surface area contributed by atoms with Gasteiger partial charge in [0.05, 0.1) is 0 Å². The maximum atomic E-state index is 5.51. The van der Waals surface area contributed by atoms with Crippen molar-refractivity contribution in [1.82, 2.24) is 17.5 Å². The van der Waals surface area contributed by atoms with E-state index in [2.05, 4.69) is 236 Å². The Morgan fingerprint density at radius 3 is 0.873 bits per heavy atom. The summed E-state index contributed by atoms with van der Waals surface area (Å²) in [7, 11) is 0. The number of thiophene rings is 10. The van der Waals surface area contributed by atoms with Crippen molar-refractivity contribution in [3.63, 3.8) is 0 Å². The number of hydrogen-bond acceptors (Lipinski definition) is 16. The predicted octanol–water partition coefficient (Wildman–Crippen LogP) is 31.5. The van der Waals surface area contributed by atoms with Crippen LogP contribution >= 0.6 is 137 Å². The van der Waals surface area contributed by atoms with Crippen LogP contribution in [0.2, 0.25) is 29.6 Å². The molecule has 12 heterocycles. The van der Waals surface area contributed by atoms with Crippen LogP contribution in [0.4, 0.5) is 0 Å². The van der Waals surface area contributed by atoms with Crippen molar-refractivity contribution < 1.29 is 0 Å². The van der Waals surface area contributed by atoms with Gasteiger partial charge in [0.25, 0.3) is 0 Å². The second kappa shape index (κ2) is 30.4. The van der Waals surface area contributed by atoms with Crippen LogP contribution in [-0.2, 0) is 25.7 Å². The van der Waals surface area contributed by atoms with Crippen molar-refractivity contribution in [2.75, 3.05) is 0 Å². The van der Waals surface area contributed by atoms with E-state index < -0.39 is 36.8 Å². The molecule has 0 fully saturated rings. The Balaban J connectivity index is 0.984. The van der Waals surface area contributed by atoms with Crippen LogP contribution in [0.1, 0.15) is 178 Å². The zero-order valence-electron chi connectivity index (χ0n) is 61.9. The normalized spacial score (nSPS) is 14.2. The third-order valence-electron chi connectivity index (χ3n) is 22.3. The second-order valence-corrected chi connectivity index (χ2v) is 74.2. The molecule has 0 saturated heterocycles. The summed E-state index contributed by atoms with van der Waals surface area (Å²) in [6, 6.07) is 25.5. The van der Waals surface area contributed by atoms with E-state index in [1.807, 2.05) is 22.7 Å². The van der Waals surface area contributed by atoms with Crippen molar-refractivity contribution in [3.05, 3.63) is 80.2 Å². The first-order valence-electron chi connectivity index (χ1n) is 38.2. The van der Waals surface area contributed by atoms with E-state index in [1.165, 1.54) is 278 Å².